The van der Waals surface area contributed by atoms with E-state index in [9.17, 15) is 14.3 Å². The Balaban J connectivity index is 1.36. The van der Waals surface area contributed by atoms with Gasteiger partial charge in [0, 0.05) is 49.2 Å². The maximum Gasteiger partial charge on any atom is 0.254 e. The normalized spacial score (nSPS) is 19.6. The zero-order valence-corrected chi connectivity index (χ0v) is 17.5. The first-order valence-corrected chi connectivity index (χ1v) is 10.6. The van der Waals surface area contributed by atoms with Gasteiger partial charge in [-0.3, -0.25) is 9.20 Å². The zero-order valence-electron chi connectivity index (χ0n) is 17.5. The minimum absolute atomic E-state index is 0.178. The molecule has 1 fully saturated rings. The van der Waals surface area contributed by atoms with Crippen molar-refractivity contribution in [3.63, 3.8) is 0 Å². The van der Waals surface area contributed by atoms with Gasteiger partial charge in [0.2, 0.25) is 0 Å². The van der Waals surface area contributed by atoms with Gasteiger partial charge in [0.1, 0.15) is 22.9 Å². The molecule has 0 unspecified atom stereocenters. The minimum atomic E-state index is -1.01. The van der Waals surface area contributed by atoms with Crippen molar-refractivity contribution in [2.75, 3.05) is 18.5 Å². The second-order valence-electron chi connectivity index (χ2n) is 8.30. The highest BCUT2D eigenvalue weighted by Gasteiger charge is 2.34. The van der Waals surface area contributed by atoms with Gasteiger partial charge in [0.05, 0.1) is 29.7 Å². The number of nitrogens with zero attached hydrogens (tertiary/aromatic N) is 3. The number of pyridine rings is 2. The fourth-order valence-corrected chi connectivity index (χ4v) is 4.51. The summed E-state index contributed by atoms with van der Waals surface area (Å²) in [5.41, 5.74) is 3.82. The third-order valence-electron chi connectivity index (χ3n) is 6.28. The highest BCUT2D eigenvalue weighted by Crippen LogP contribution is 2.36. The van der Waals surface area contributed by atoms with Crippen LogP contribution in [0, 0.1) is 5.82 Å². The van der Waals surface area contributed by atoms with Crippen LogP contribution in [-0.2, 0) is 16.9 Å². The van der Waals surface area contributed by atoms with E-state index in [1.54, 1.807) is 29.1 Å². The van der Waals surface area contributed by atoms with Gasteiger partial charge in [0.25, 0.3) is 5.91 Å². The molecule has 3 N–H and O–H groups in total. The first-order chi connectivity index (χ1) is 16.0. The molecule has 166 valence electrons. The highest BCUT2D eigenvalue weighted by molar-refractivity contribution is 6.06. The van der Waals surface area contributed by atoms with Crippen molar-refractivity contribution in [3.05, 3.63) is 77.5 Å². The molecule has 2 aliphatic heterocycles. The fourth-order valence-electron chi connectivity index (χ4n) is 4.51. The quantitative estimate of drug-likeness (QED) is 0.446. The number of hydrogen-bond donors (Lipinski definition) is 3. The van der Waals surface area contributed by atoms with Crippen molar-refractivity contribution in [3.8, 4) is 11.3 Å². The first kappa shape index (κ1) is 19.8. The van der Waals surface area contributed by atoms with E-state index in [1.165, 1.54) is 12.1 Å². The Labute approximate surface area is 188 Å². The van der Waals surface area contributed by atoms with Gasteiger partial charge < -0.3 is 20.5 Å². The number of carbonyl (C=O) groups excluding carboxylic acids is 1. The first-order valence-electron chi connectivity index (χ1n) is 10.6. The Kier molecular flexibility index (Phi) is 4.42. The fraction of sp³-hybridized carbons (Fsp3) is 0.208. The van der Waals surface area contributed by atoms with Crippen molar-refractivity contribution in [1.29, 1.82) is 0 Å². The number of carbonyl (C=O) groups is 1. The summed E-state index contributed by atoms with van der Waals surface area (Å²) >= 11 is 0. The Morgan fingerprint density at radius 1 is 1.18 bits per heavy atom. The molecule has 0 bridgehead atoms. The molecule has 3 aromatic heterocycles. The number of aliphatic hydroxyl groups is 1. The SMILES string of the molecule is O=C1NCc2c(-c3cnc4cc(F)ccn34)ccc(Nc3ccc([C@@]4(O)CCOC4)cn3)c21. The Hall–Kier alpha value is -3.82. The van der Waals surface area contributed by atoms with Crippen LogP contribution in [0.4, 0.5) is 15.9 Å². The van der Waals surface area contributed by atoms with Crippen LogP contribution < -0.4 is 10.6 Å². The van der Waals surface area contributed by atoms with E-state index in [2.05, 4.69) is 20.6 Å². The molecular weight excluding hydrogens is 425 g/mol. The standard InChI is InChI=1S/C24H20FN5O3/c25-15-5-7-30-19(12-27-21(30)9-15)16-2-3-18(22-17(16)11-28-23(22)31)29-20-4-1-14(10-26-20)24(32)6-8-33-13-24/h1-5,7,9-10,12,32H,6,8,11,13H2,(H,26,29)(H,28,31)/t24-/m1/s1. The number of nitrogens with one attached hydrogen (secondary N) is 2. The number of hydrogen-bond acceptors (Lipinski definition) is 6. The van der Waals surface area contributed by atoms with Crippen molar-refractivity contribution in [1.82, 2.24) is 19.7 Å². The molecule has 2 aliphatic rings. The average Bonchev–Trinajstić information content (AvgIpc) is 3.54. The smallest absolute Gasteiger partial charge is 0.254 e. The molecule has 1 amide bonds. The number of fused-ring (bicyclic) bond motifs is 2. The average molecular weight is 445 g/mol. The highest BCUT2D eigenvalue weighted by atomic mass is 19.1. The van der Waals surface area contributed by atoms with Crippen molar-refractivity contribution >= 4 is 23.1 Å². The predicted molar refractivity (Wildman–Crippen MR) is 119 cm³/mol. The maximum atomic E-state index is 13.6. The lowest BCUT2D eigenvalue weighted by molar-refractivity contribution is 0.0229. The van der Waals surface area contributed by atoms with E-state index >= 15 is 0 Å². The van der Waals surface area contributed by atoms with E-state index in [4.69, 9.17) is 4.74 Å². The molecule has 0 saturated carbocycles. The Morgan fingerprint density at radius 2 is 2.09 bits per heavy atom. The number of anilines is 2. The molecule has 0 aliphatic carbocycles. The largest absolute Gasteiger partial charge is 0.383 e. The number of ether oxygens (including phenoxy) is 1. The second kappa shape index (κ2) is 7.36. The molecular formula is C24H20FN5O3. The molecule has 1 atom stereocenters. The van der Waals surface area contributed by atoms with Gasteiger partial charge >= 0.3 is 0 Å². The van der Waals surface area contributed by atoms with E-state index < -0.39 is 5.60 Å². The van der Waals surface area contributed by atoms with E-state index in [-0.39, 0.29) is 18.3 Å². The van der Waals surface area contributed by atoms with Crippen LogP contribution >= 0.6 is 0 Å². The lowest BCUT2D eigenvalue weighted by Gasteiger charge is -2.20. The van der Waals surface area contributed by atoms with Crippen molar-refractivity contribution < 1.29 is 19.0 Å². The number of amides is 1. The van der Waals surface area contributed by atoms with Gasteiger partial charge in [-0.05, 0) is 23.8 Å². The van der Waals surface area contributed by atoms with Crippen LogP contribution in [-0.4, -0.2) is 38.6 Å². The monoisotopic (exact) mass is 445 g/mol. The summed E-state index contributed by atoms with van der Waals surface area (Å²) in [5.74, 6) is 0.0248. The van der Waals surface area contributed by atoms with Gasteiger partial charge in [-0.25, -0.2) is 14.4 Å². The van der Waals surface area contributed by atoms with Crippen molar-refractivity contribution in [2.24, 2.45) is 0 Å². The third-order valence-corrected chi connectivity index (χ3v) is 6.28. The summed E-state index contributed by atoms with van der Waals surface area (Å²) in [6.45, 7) is 1.16. The predicted octanol–water partition coefficient (Wildman–Crippen LogP) is 3.13. The maximum absolute atomic E-state index is 13.6. The van der Waals surface area contributed by atoms with E-state index in [0.717, 1.165) is 16.8 Å². The van der Waals surface area contributed by atoms with E-state index in [1.807, 2.05) is 18.2 Å². The van der Waals surface area contributed by atoms with Crippen molar-refractivity contribution in [2.45, 2.75) is 18.6 Å². The number of aromatic nitrogens is 3. The number of halogens is 1. The summed E-state index contributed by atoms with van der Waals surface area (Å²) in [4.78, 5) is 21.4. The Bertz CT molecular complexity index is 1390. The molecule has 8 nitrogen and oxygen atoms in total. The third kappa shape index (κ3) is 3.24. The topological polar surface area (TPSA) is 101 Å². The van der Waals surface area contributed by atoms with Gasteiger partial charge in [0.15, 0.2) is 0 Å². The summed E-state index contributed by atoms with van der Waals surface area (Å²) in [7, 11) is 0. The van der Waals surface area contributed by atoms with Gasteiger partial charge in [-0.15, -0.1) is 0 Å². The molecule has 33 heavy (non-hydrogen) atoms. The lowest BCUT2D eigenvalue weighted by atomic mass is 9.95. The van der Waals surface area contributed by atoms with Crippen LogP contribution in [0.1, 0.15) is 27.9 Å². The molecule has 1 saturated heterocycles. The van der Waals surface area contributed by atoms with Gasteiger partial charge in [-0.2, -0.15) is 0 Å². The number of imidazole rings is 1. The minimum Gasteiger partial charge on any atom is -0.383 e. The van der Waals surface area contributed by atoms with Gasteiger partial charge in [-0.1, -0.05) is 12.1 Å². The number of benzene rings is 1. The van der Waals surface area contributed by atoms with Crippen LogP contribution in [0.5, 0.6) is 0 Å². The molecule has 9 heteroatoms. The number of rotatable bonds is 4. The zero-order chi connectivity index (χ0) is 22.6. The van der Waals surface area contributed by atoms with Crippen LogP contribution in [0.3, 0.4) is 0 Å². The van der Waals surface area contributed by atoms with E-state index in [0.29, 0.717) is 47.9 Å². The van der Waals surface area contributed by atoms with Crippen LogP contribution in [0.2, 0.25) is 0 Å². The molecule has 6 rings (SSSR count). The second-order valence-corrected chi connectivity index (χ2v) is 8.30. The molecule has 5 heterocycles. The molecule has 1 aromatic carbocycles. The van der Waals surface area contributed by atoms with Crippen LogP contribution in [0.15, 0.2) is 55.0 Å². The summed E-state index contributed by atoms with van der Waals surface area (Å²) in [6.07, 6.45) is 5.47. The Morgan fingerprint density at radius 3 is 2.88 bits per heavy atom. The lowest BCUT2D eigenvalue weighted by Crippen LogP contribution is -2.25. The molecule has 4 aromatic rings. The summed E-state index contributed by atoms with van der Waals surface area (Å²) in [6, 6.07) is 10.1. The van der Waals surface area contributed by atoms with Crippen LogP contribution in [0.25, 0.3) is 16.9 Å². The molecule has 0 spiro atoms. The summed E-state index contributed by atoms with van der Waals surface area (Å²) in [5, 5.41) is 16.8. The molecule has 0 radical (unpaired) electrons. The summed E-state index contributed by atoms with van der Waals surface area (Å²) < 4.78 is 20.7.